The molecule has 96 valence electrons. The van der Waals surface area contributed by atoms with Crippen LogP contribution in [-0.2, 0) is 14.3 Å². The minimum atomic E-state index is -0.797. The van der Waals surface area contributed by atoms with E-state index in [2.05, 4.69) is 5.32 Å². The van der Waals surface area contributed by atoms with Crippen molar-refractivity contribution in [2.75, 3.05) is 18.9 Å². The summed E-state index contributed by atoms with van der Waals surface area (Å²) in [7, 11) is 0. The molecular formula is C13H16N2O3. The van der Waals surface area contributed by atoms with E-state index in [-0.39, 0.29) is 18.4 Å². The van der Waals surface area contributed by atoms with Gasteiger partial charge in [0.2, 0.25) is 5.91 Å². The summed E-state index contributed by atoms with van der Waals surface area (Å²) in [6, 6.07) is 7.27. The van der Waals surface area contributed by atoms with Gasteiger partial charge >= 0.3 is 5.97 Å². The topological polar surface area (TPSA) is 81.4 Å². The number of anilines is 1. The first-order valence-electron chi connectivity index (χ1n) is 5.94. The summed E-state index contributed by atoms with van der Waals surface area (Å²) in [4.78, 5) is 23.6. The summed E-state index contributed by atoms with van der Waals surface area (Å²) >= 11 is 0. The number of nitrogens with two attached hydrogens (primary N) is 1. The first kappa shape index (κ1) is 12.4. The average Bonchev–Trinajstić information content (AvgIpc) is 2.72. The number of amides is 1. The number of nitrogen functional groups attached to an aromatic ring is 1. The van der Waals surface area contributed by atoms with Crippen LogP contribution in [0.25, 0.3) is 0 Å². The third-order valence-corrected chi connectivity index (χ3v) is 3.12. The molecule has 0 radical (unpaired) electrons. The van der Waals surface area contributed by atoms with Gasteiger partial charge in [0.25, 0.3) is 0 Å². The maximum atomic E-state index is 11.8. The van der Waals surface area contributed by atoms with Crippen molar-refractivity contribution in [3.05, 3.63) is 29.8 Å². The van der Waals surface area contributed by atoms with Gasteiger partial charge in [-0.05, 0) is 18.6 Å². The Morgan fingerprint density at radius 1 is 1.50 bits per heavy atom. The van der Waals surface area contributed by atoms with Gasteiger partial charge in [-0.15, -0.1) is 0 Å². The van der Waals surface area contributed by atoms with Gasteiger partial charge in [-0.1, -0.05) is 18.2 Å². The van der Waals surface area contributed by atoms with Crippen molar-refractivity contribution < 1.29 is 14.3 Å². The van der Waals surface area contributed by atoms with E-state index in [1.807, 2.05) is 18.2 Å². The molecule has 5 heteroatoms. The molecule has 18 heavy (non-hydrogen) atoms. The van der Waals surface area contributed by atoms with Gasteiger partial charge < -0.3 is 15.8 Å². The maximum Gasteiger partial charge on any atom is 0.319 e. The fraction of sp³-hybridized carbons (Fsp3) is 0.385. The molecule has 1 aliphatic rings. The molecule has 2 rings (SSSR count). The zero-order valence-corrected chi connectivity index (χ0v) is 10.2. The highest BCUT2D eigenvalue weighted by Gasteiger charge is 2.42. The highest BCUT2D eigenvalue weighted by atomic mass is 16.5. The van der Waals surface area contributed by atoms with Crippen LogP contribution in [0.5, 0.6) is 0 Å². The zero-order valence-electron chi connectivity index (χ0n) is 10.2. The van der Waals surface area contributed by atoms with Crippen molar-refractivity contribution in [2.24, 2.45) is 5.92 Å². The Labute approximate surface area is 105 Å². The SMILES string of the molecule is CCOC(=O)C1C(=O)NCC1c1ccccc1N. The zero-order chi connectivity index (χ0) is 13.1. The molecule has 1 fully saturated rings. The average molecular weight is 248 g/mol. The Kier molecular flexibility index (Phi) is 3.50. The van der Waals surface area contributed by atoms with Crippen molar-refractivity contribution in [2.45, 2.75) is 12.8 Å². The quantitative estimate of drug-likeness (QED) is 0.468. The van der Waals surface area contributed by atoms with Gasteiger partial charge in [-0.2, -0.15) is 0 Å². The molecule has 5 nitrogen and oxygen atoms in total. The Hall–Kier alpha value is -2.04. The molecule has 1 aromatic rings. The summed E-state index contributed by atoms with van der Waals surface area (Å²) in [6.45, 7) is 2.40. The third kappa shape index (κ3) is 2.16. The first-order chi connectivity index (χ1) is 8.65. The molecule has 2 unspecified atom stereocenters. The van der Waals surface area contributed by atoms with Gasteiger partial charge in [-0.3, -0.25) is 9.59 Å². The number of benzene rings is 1. The van der Waals surface area contributed by atoms with E-state index in [9.17, 15) is 9.59 Å². The highest BCUT2D eigenvalue weighted by molar-refractivity contribution is 6.00. The van der Waals surface area contributed by atoms with Crippen LogP contribution < -0.4 is 11.1 Å². The Balaban J connectivity index is 2.30. The van der Waals surface area contributed by atoms with Crippen molar-refractivity contribution in [3.8, 4) is 0 Å². The predicted molar refractivity (Wildman–Crippen MR) is 66.7 cm³/mol. The van der Waals surface area contributed by atoms with Gasteiger partial charge in [-0.25, -0.2) is 0 Å². The molecule has 1 saturated heterocycles. The fourth-order valence-electron chi connectivity index (χ4n) is 2.26. The minimum absolute atomic E-state index is 0.252. The molecule has 0 bridgehead atoms. The van der Waals surface area contributed by atoms with E-state index in [0.29, 0.717) is 12.2 Å². The second-order valence-electron chi connectivity index (χ2n) is 4.21. The van der Waals surface area contributed by atoms with Crippen molar-refractivity contribution in [1.29, 1.82) is 0 Å². The lowest BCUT2D eigenvalue weighted by Crippen LogP contribution is -2.29. The molecule has 1 aromatic carbocycles. The molecule has 1 amide bonds. The Morgan fingerprint density at radius 2 is 2.22 bits per heavy atom. The Bertz CT molecular complexity index is 473. The lowest BCUT2D eigenvalue weighted by atomic mass is 9.87. The number of carbonyl (C=O) groups is 2. The Morgan fingerprint density at radius 3 is 2.89 bits per heavy atom. The van der Waals surface area contributed by atoms with Crippen LogP contribution in [0.2, 0.25) is 0 Å². The second-order valence-corrected chi connectivity index (χ2v) is 4.21. The molecular weight excluding hydrogens is 232 g/mol. The van der Waals surface area contributed by atoms with Crippen LogP contribution in [0.3, 0.4) is 0 Å². The summed E-state index contributed by atoms with van der Waals surface area (Å²) < 4.78 is 4.95. The summed E-state index contributed by atoms with van der Waals surface area (Å²) in [5.74, 6) is -1.82. The summed E-state index contributed by atoms with van der Waals surface area (Å²) in [5, 5.41) is 2.69. The smallest absolute Gasteiger partial charge is 0.319 e. The van der Waals surface area contributed by atoms with Gasteiger partial charge in [0.15, 0.2) is 0 Å². The molecule has 0 aromatic heterocycles. The van der Waals surface area contributed by atoms with E-state index in [0.717, 1.165) is 5.56 Å². The minimum Gasteiger partial charge on any atom is -0.465 e. The summed E-state index contributed by atoms with van der Waals surface area (Å²) in [5.41, 5.74) is 7.30. The van der Waals surface area contributed by atoms with E-state index in [1.165, 1.54) is 0 Å². The predicted octanol–water partition coefficient (Wildman–Crippen LogP) is 0.661. The maximum absolute atomic E-state index is 11.8. The fourth-order valence-corrected chi connectivity index (χ4v) is 2.26. The number of esters is 1. The van der Waals surface area contributed by atoms with Crippen LogP contribution in [0.4, 0.5) is 5.69 Å². The number of rotatable bonds is 3. The van der Waals surface area contributed by atoms with Crippen LogP contribution in [-0.4, -0.2) is 25.0 Å². The van der Waals surface area contributed by atoms with E-state index in [4.69, 9.17) is 10.5 Å². The lowest BCUT2D eigenvalue weighted by molar-refractivity contribution is -0.151. The van der Waals surface area contributed by atoms with Gasteiger partial charge in [0.1, 0.15) is 5.92 Å². The lowest BCUT2D eigenvalue weighted by Gasteiger charge is -2.17. The molecule has 0 aliphatic carbocycles. The standard InChI is InChI=1S/C13H16N2O3/c1-2-18-13(17)11-9(7-15-12(11)16)8-5-3-4-6-10(8)14/h3-6,9,11H,2,7,14H2,1H3,(H,15,16). The van der Waals surface area contributed by atoms with Crippen LogP contribution in [0.1, 0.15) is 18.4 Å². The van der Waals surface area contributed by atoms with Crippen LogP contribution >= 0.6 is 0 Å². The molecule has 1 heterocycles. The highest BCUT2D eigenvalue weighted by Crippen LogP contribution is 2.33. The van der Waals surface area contributed by atoms with E-state index >= 15 is 0 Å². The number of hydrogen-bond acceptors (Lipinski definition) is 4. The van der Waals surface area contributed by atoms with Crippen molar-refractivity contribution in [1.82, 2.24) is 5.32 Å². The van der Waals surface area contributed by atoms with Crippen LogP contribution in [0, 0.1) is 5.92 Å². The molecule has 0 spiro atoms. The summed E-state index contributed by atoms with van der Waals surface area (Å²) in [6.07, 6.45) is 0. The molecule has 0 saturated carbocycles. The normalized spacial score (nSPS) is 22.6. The second kappa shape index (κ2) is 5.08. The van der Waals surface area contributed by atoms with Crippen LogP contribution in [0.15, 0.2) is 24.3 Å². The van der Waals surface area contributed by atoms with Crippen molar-refractivity contribution in [3.63, 3.8) is 0 Å². The monoisotopic (exact) mass is 248 g/mol. The number of ether oxygens (including phenoxy) is 1. The van der Waals surface area contributed by atoms with E-state index < -0.39 is 11.9 Å². The van der Waals surface area contributed by atoms with Gasteiger partial charge in [0.05, 0.1) is 6.61 Å². The molecule has 3 N–H and O–H groups in total. The number of hydrogen-bond donors (Lipinski definition) is 2. The number of nitrogens with one attached hydrogen (secondary N) is 1. The van der Waals surface area contributed by atoms with Gasteiger partial charge in [0, 0.05) is 18.2 Å². The number of para-hydroxylation sites is 1. The molecule has 1 aliphatic heterocycles. The molecule has 2 atom stereocenters. The first-order valence-corrected chi connectivity index (χ1v) is 5.94. The van der Waals surface area contributed by atoms with E-state index in [1.54, 1.807) is 13.0 Å². The largest absolute Gasteiger partial charge is 0.465 e. The third-order valence-electron chi connectivity index (χ3n) is 3.12. The number of carbonyl (C=O) groups excluding carboxylic acids is 2. The van der Waals surface area contributed by atoms with Crippen molar-refractivity contribution >= 4 is 17.6 Å².